The highest BCUT2D eigenvalue weighted by Crippen LogP contribution is 2.28. The molecule has 3 N–H and O–H groups in total. The molecule has 1 aliphatic heterocycles. The lowest BCUT2D eigenvalue weighted by Crippen LogP contribution is -2.30. The molecule has 0 atom stereocenters. The van der Waals surface area contributed by atoms with Crippen molar-refractivity contribution in [3.63, 3.8) is 0 Å². The van der Waals surface area contributed by atoms with Crippen LogP contribution in [0.15, 0.2) is 6.20 Å². The Morgan fingerprint density at radius 1 is 1.60 bits per heavy atom. The van der Waals surface area contributed by atoms with Crippen LogP contribution in [0.5, 0.6) is 0 Å². The minimum atomic E-state index is -0.472. The Kier molecular flexibility index (Phi) is 2.90. The maximum absolute atomic E-state index is 8.91. The van der Waals surface area contributed by atoms with Crippen LogP contribution >= 0.6 is 0 Å². The van der Waals surface area contributed by atoms with Gasteiger partial charge in [0.1, 0.15) is 5.69 Å². The number of nitrogens with two attached hydrogens (primary N) is 1. The average Bonchev–Trinajstić information content (AvgIpc) is 2.59. The zero-order valence-electron chi connectivity index (χ0n) is 8.59. The quantitative estimate of drug-likeness (QED) is 0.702. The fraction of sp³-hybridized carbons (Fsp3) is 0.667. The first-order valence-corrected chi connectivity index (χ1v) is 4.83. The van der Waals surface area contributed by atoms with Gasteiger partial charge < -0.3 is 20.3 Å². The molecule has 15 heavy (non-hydrogen) atoms. The monoisotopic (exact) mass is 213 g/mol. The average molecular weight is 213 g/mol. The zero-order chi connectivity index (χ0) is 10.8. The second-order valence-corrected chi connectivity index (χ2v) is 3.66. The van der Waals surface area contributed by atoms with E-state index in [0.717, 1.165) is 5.69 Å². The molecule has 1 fully saturated rings. The number of nitrogens with zero attached hydrogens (tertiary/aromatic N) is 2. The minimum Gasteiger partial charge on any atom is -0.396 e. The van der Waals surface area contributed by atoms with E-state index < -0.39 is 6.29 Å². The van der Waals surface area contributed by atoms with Crippen molar-refractivity contribution >= 4 is 5.69 Å². The summed E-state index contributed by atoms with van der Waals surface area (Å²) >= 11 is 0. The van der Waals surface area contributed by atoms with Crippen LogP contribution in [-0.4, -0.2) is 34.7 Å². The lowest BCUT2D eigenvalue weighted by Gasteiger charge is -2.28. The van der Waals surface area contributed by atoms with Gasteiger partial charge in [-0.25, -0.2) is 0 Å². The summed E-state index contributed by atoms with van der Waals surface area (Å²) in [6.45, 7) is 1.03. The van der Waals surface area contributed by atoms with Crippen LogP contribution in [0.4, 0.5) is 5.69 Å². The van der Waals surface area contributed by atoms with Crippen molar-refractivity contribution in [1.29, 1.82) is 0 Å². The highest BCUT2D eigenvalue weighted by Gasteiger charge is 2.26. The zero-order valence-corrected chi connectivity index (χ0v) is 8.59. The van der Waals surface area contributed by atoms with E-state index in [1.165, 1.54) is 0 Å². The van der Waals surface area contributed by atoms with Gasteiger partial charge in [-0.3, -0.25) is 4.68 Å². The Bertz CT molecular complexity index is 312. The van der Waals surface area contributed by atoms with Crippen LogP contribution in [0.2, 0.25) is 0 Å². The fourth-order valence-corrected chi connectivity index (χ4v) is 1.56. The van der Waals surface area contributed by atoms with Crippen LogP contribution in [-0.2, 0) is 16.5 Å². The molecule has 0 amide bonds. The van der Waals surface area contributed by atoms with E-state index in [2.05, 4.69) is 5.10 Å². The van der Waals surface area contributed by atoms with Crippen LogP contribution in [0.25, 0.3) is 0 Å². The van der Waals surface area contributed by atoms with E-state index in [1.54, 1.807) is 17.9 Å². The molecular formula is C9H15N3O3. The number of aryl methyl sites for hydroxylation is 1. The molecule has 0 aliphatic carbocycles. The summed E-state index contributed by atoms with van der Waals surface area (Å²) in [5.74, 6) is 0.0516. The van der Waals surface area contributed by atoms with E-state index in [-0.39, 0.29) is 12.5 Å². The minimum absolute atomic E-state index is 0.0516. The summed E-state index contributed by atoms with van der Waals surface area (Å²) < 4.78 is 12.6. The maximum atomic E-state index is 8.91. The van der Waals surface area contributed by atoms with Gasteiger partial charge >= 0.3 is 0 Å². The molecule has 1 aliphatic rings. The van der Waals surface area contributed by atoms with Gasteiger partial charge in [0, 0.05) is 13.0 Å². The number of hydrogen-bond acceptors (Lipinski definition) is 5. The Morgan fingerprint density at radius 3 is 2.73 bits per heavy atom. The molecule has 6 nitrogen and oxygen atoms in total. The summed E-state index contributed by atoms with van der Waals surface area (Å²) in [6, 6.07) is 0. The van der Waals surface area contributed by atoms with E-state index in [4.69, 9.17) is 20.3 Å². The van der Waals surface area contributed by atoms with Gasteiger partial charge in [-0.05, 0) is 0 Å². The van der Waals surface area contributed by atoms with Crippen molar-refractivity contribution in [2.75, 3.05) is 25.6 Å². The van der Waals surface area contributed by atoms with Crippen molar-refractivity contribution in [3.8, 4) is 0 Å². The third kappa shape index (κ3) is 1.97. The molecule has 0 aromatic carbocycles. The van der Waals surface area contributed by atoms with Crippen molar-refractivity contribution in [2.24, 2.45) is 13.0 Å². The first kappa shape index (κ1) is 10.4. The molecule has 1 saturated heterocycles. The molecule has 0 unspecified atom stereocenters. The molecule has 2 rings (SSSR count). The van der Waals surface area contributed by atoms with Crippen LogP contribution in [0.3, 0.4) is 0 Å². The van der Waals surface area contributed by atoms with Gasteiger partial charge in [0.05, 0.1) is 31.7 Å². The third-order valence-corrected chi connectivity index (χ3v) is 2.46. The lowest BCUT2D eigenvalue weighted by atomic mass is 10.2. The van der Waals surface area contributed by atoms with Crippen LogP contribution < -0.4 is 5.73 Å². The highest BCUT2D eigenvalue weighted by atomic mass is 16.7. The number of hydrogen-bond donors (Lipinski definition) is 2. The normalized spacial score (nSPS) is 26.8. The Morgan fingerprint density at radius 2 is 2.27 bits per heavy atom. The molecule has 6 heteroatoms. The predicted molar refractivity (Wildman–Crippen MR) is 52.8 cm³/mol. The smallest absolute Gasteiger partial charge is 0.202 e. The second-order valence-electron chi connectivity index (χ2n) is 3.66. The Balaban J connectivity index is 2.07. The van der Waals surface area contributed by atoms with Gasteiger partial charge in [0.2, 0.25) is 6.29 Å². The van der Waals surface area contributed by atoms with E-state index in [1.807, 2.05) is 0 Å². The van der Waals surface area contributed by atoms with Gasteiger partial charge in [-0.2, -0.15) is 5.10 Å². The molecule has 1 aromatic heterocycles. The molecule has 1 aromatic rings. The van der Waals surface area contributed by atoms with Crippen molar-refractivity contribution in [3.05, 3.63) is 11.9 Å². The van der Waals surface area contributed by atoms with Crippen molar-refractivity contribution in [2.45, 2.75) is 6.29 Å². The highest BCUT2D eigenvalue weighted by molar-refractivity contribution is 5.41. The molecule has 0 bridgehead atoms. The largest absolute Gasteiger partial charge is 0.396 e. The SMILES string of the molecule is Cn1ncc(N)c1C1OCC(CO)CO1. The van der Waals surface area contributed by atoms with E-state index in [0.29, 0.717) is 18.9 Å². The summed E-state index contributed by atoms with van der Waals surface area (Å²) in [5.41, 5.74) is 7.03. The molecule has 0 saturated carbocycles. The van der Waals surface area contributed by atoms with E-state index >= 15 is 0 Å². The Labute approximate surface area is 87.6 Å². The van der Waals surface area contributed by atoms with E-state index in [9.17, 15) is 0 Å². The number of ether oxygens (including phenoxy) is 2. The molecule has 0 radical (unpaired) electrons. The first-order valence-electron chi connectivity index (χ1n) is 4.83. The summed E-state index contributed by atoms with van der Waals surface area (Å²) in [6.07, 6.45) is 1.10. The van der Waals surface area contributed by atoms with Gasteiger partial charge in [-0.15, -0.1) is 0 Å². The third-order valence-electron chi connectivity index (χ3n) is 2.46. The van der Waals surface area contributed by atoms with Crippen molar-refractivity contribution < 1.29 is 14.6 Å². The van der Waals surface area contributed by atoms with Crippen LogP contribution in [0.1, 0.15) is 12.0 Å². The number of anilines is 1. The number of rotatable bonds is 2. The van der Waals surface area contributed by atoms with Crippen LogP contribution in [0, 0.1) is 5.92 Å². The lowest BCUT2D eigenvalue weighted by molar-refractivity contribution is -0.212. The van der Waals surface area contributed by atoms with Crippen molar-refractivity contribution in [1.82, 2.24) is 9.78 Å². The van der Waals surface area contributed by atoms with Gasteiger partial charge in [0.25, 0.3) is 0 Å². The predicted octanol–water partition coefficient (Wildman–Crippen LogP) is -0.344. The maximum Gasteiger partial charge on any atom is 0.202 e. The fourth-order valence-electron chi connectivity index (χ4n) is 1.56. The molecule has 84 valence electrons. The number of aromatic nitrogens is 2. The Hall–Kier alpha value is -1.11. The van der Waals surface area contributed by atoms with Gasteiger partial charge in [0.15, 0.2) is 0 Å². The summed E-state index contributed by atoms with van der Waals surface area (Å²) in [4.78, 5) is 0. The molecule has 0 spiro atoms. The number of nitrogen functional groups attached to an aromatic ring is 1. The second kappa shape index (κ2) is 4.18. The standard InChI is InChI=1S/C9H15N3O3/c1-12-8(7(10)2-11-12)9-14-4-6(3-13)5-15-9/h2,6,9,13H,3-5,10H2,1H3. The van der Waals surface area contributed by atoms with Gasteiger partial charge in [-0.1, -0.05) is 0 Å². The summed E-state index contributed by atoms with van der Waals surface area (Å²) in [7, 11) is 1.79. The number of aliphatic hydroxyl groups is 1. The topological polar surface area (TPSA) is 82.5 Å². The number of aliphatic hydroxyl groups excluding tert-OH is 1. The molecule has 2 heterocycles. The summed E-state index contributed by atoms with van der Waals surface area (Å²) in [5, 5.41) is 12.9. The first-order chi connectivity index (χ1) is 7.22. The molecular weight excluding hydrogens is 198 g/mol.